The van der Waals surface area contributed by atoms with Gasteiger partial charge in [0.05, 0.1) is 18.6 Å². The van der Waals surface area contributed by atoms with Crippen LogP contribution in [0, 0.1) is 0 Å². The van der Waals surface area contributed by atoms with Crippen molar-refractivity contribution in [3.05, 3.63) is 34.9 Å². The standard InChI is InChI=1S/C15H18BrN3O3S/c1-3-4-23(20,21)19-12-5-10(6-13(8-12)22-2)14-7-11(16)9-18-15(14)17/h5-9,19H,3-4H2,1-2H3,(H2,17,18). The molecule has 0 aliphatic heterocycles. The first-order chi connectivity index (χ1) is 10.8. The van der Waals surface area contributed by atoms with Gasteiger partial charge >= 0.3 is 0 Å². The van der Waals surface area contributed by atoms with E-state index >= 15 is 0 Å². The topological polar surface area (TPSA) is 94.3 Å². The molecule has 1 heterocycles. The predicted molar refractivity (Wildman–Crippen MR) is 96.0 cm³/mol. The van der Waals surface area contributed by atoms with Crippen molar-refractivity contribution < 1.29 is 13.2 Å². The number of nitrogens with one attached hydrogen (secondary N) is 1. The molecule has 0 fully saturated rings. The summed E-state index contributed by atoms with van der Waals surface area (Å²) < 4.78 is 32.5. The highest BCUT2D eigenvalue weighted by Crippen LogP contribution is 2.33. The third-order valence-electron chi connectivity index (χ3n) is 3.08. The van der Waals surface area contributed by atoms with Gasteiger partial charge in [0, 0.05) is 22.3 Å². The van der Waals surface area contributed by atoms with E-state index in [4.69, 9.17) is 10.5 Å². The minimum atomic E-state index is -3.39. The van der Waals surface area contributed by atoms with E-state index in [1.807, 2.05) is 13.0 Å². The number of aromatic nitrogens is 1. The zero-order valence-corrected chi connectivity index (χ0v) is 15.2. The van der Waals surface area contributed by atoms with Gasteiger partial charge in [0.2, 0.25) is 10.0 Å². The summed E-state index contributed by atoms with van der Waals surface area (Å²) in [6.45, 7) is 1.81. The van der Waals surface area contributed by atoms with Gasteiger partial charge in [-0.1, -0.05) is 6.92 Å². The average Bonchev–Trinajstić information content (AvgIpc) is 2.48. The Morgan fingerprint density at radius 2 is 2.04 bits per heavy atom. The highest BCUT2D eigenvalue weighted by atomic mass is 79.9. The number of hydrogen-bond donors (Lipinski definition) is 2. The van der Waals surface area contributed by atoms with E-state index in [9.17, 15) is 8.42 Å². The summed E-state index contributed by atoms with van der Waals surface area (Å²) in [6, 6.07) is 6.92. The van der Waals surface area contributed by atoms with Gasteiger partial charge in [-0.25, -0.2) is 13.4 Å². The molecule has 2 rings (SSSR count). The molecule has 124 valence electrons. The van der Waals surface area contributed by atoms with Crippen LogP contribution in [0.2, 0.25) is 0 Å². The van der Waals surface area contributed by atoms with Crippen LogP contribution >= 0.6 is 15.9 Å². The first-order valence-electron chi connectivity index (χ1n) is 6.95. The van der Waals surface area contributed by atoms with Crippen molar-refractivity contribution in [2.75, 3.05) is 23.3 Å². The van der Waals surface area contributed by atoms with Gasteiger partial charge < -0.3 is 10.5 Å². The number of nitrogens with two attached hydrogens (primary N) is 1. The second-order valence-corrected chi connectivity index (χ2v) is 7.72. The minimum absolute atomic E-state index is 0.0557. The number of halogens is 1. The highest BCUT2D eigenvalue weighted by molar-refractivity contribution is 9.10. The van der Waals surface area contributed by atoms with Crippen molar-refractivity contribution in [1.29, 1.82) is 0 Å². The molecule has 0 bridgehead atoms. The summed E-state index contributed by atoms with van der Waals surface area (Å²) in [5.41, 5.74) is 7.75. The van der Waals surface area contributed by atoms with Crippen LogP contribution in [0.1, 0.15) is 13.3 Å². The molecule has 1 aromatic heterocycles. The third-order valence-corrected chi connectivity index (χ3v) is 5.01. The van der Waals surface area contributed by atoms with E-state index in [2.05, 4.69) is 25.6 Å². The lowest BCUT2D eigenvalue weighted by molar-refractivity contribution is 0.415. The lowest BCUT2D eigenvalue weighted by Crippen LogP contribution is -2.16. The molecule has 0 amide bonds. The summed E-state index contributed by atoms with van der Waals surface area (Å²) in [5, 5.41) is 0. The Morgan fingerprint density at radius 1 is 1.30 bits per heavy atom. The second kappa shape index (κ2) is 7.18. The zero-order valence-electron chi connectivity index (χ0n) is 12.8. The van der Waals surface area contributed by atoms with Crippen LogP contribution in [0.4, 0.5) is 11.5 Å². The Bertz CT molecular complexity index is 810. The Morgan fingerprint density at radius 3 is 2.70 bits per heavy atom. The van der Waals surface area contributed by atoms with E-state index in [1.165, 1.54) is 7.11 Å². The normalized spacial score (nSPS) is 11.3. The fourth-order valence-corrected chi connectivity index (χ4v) is 3.56. The Kier molecular flexibility index (Phi) is 5.48. The number of benzene rings is 1. The van der Waals surface area contributed by atoms with Crippen LogP contribution in [0.3, 0.4) is 0 Å². The monoisotopic (exact) mass is 399 g/mol. The fraction of sp³-hybridized carbons (Fsp3) is 0.267. The highest BCUT2D eigenvalue weighted by Gasteiger charge is 2.13. The Hall–Kier alpha value is -1.80. The summed E-state index contributed by atoms with van der Waals surface area (Å²) >= 11 is 3.36. The summed E-state index contributed by atoms with van der Waals surface area (Å²) in [5.74, 6) is 0.931. The molecule has 2 aromatic rings. The molecule has 1 aromatic carbocycles. The molecule has 0 aliphatic carbocycles. The van der Waals surface area contributed by atoms with Gasteiger partial charge in [-0.05, 0) is 46.1 Å². The van der Waals surface area contributed by atoms with E-state index in [0.717, 1.165) is 4.47 Å². The van der Waals surface area contributed by atoms with E-state index in [-0.39, 0.29) is 5.75 Å². The summed E-state index contributed by atoms with van der Waals surface area (Å²) in [4.78, 5) is 4.10. The molecule has 6 nitrogen and oxygen atoms in total. The largest absolute Gasteiger partial charge is 0.497 e. The maximum Gasteiger partial charge on any atom is 0.232 e. The number of sulfonamides is 1. The number of hydrogen-bond acceptors (Lipinski definition) is 5. The molecule has 0 saturated heterocycles. The molecular formula is C15H18BrN3O3S. The number of nitrogen functional groups attached to an aromatic ring is 1. The second-order valence-electron chi connectivity index (χ2n) is 4.96. The average molecular weight is 400 g/mol. The minimum Gasteiger partial charge on any atom is -0.497 e. The lowest BCUT2D eigenvalue weighted by Gasteiger charge is -2.12. The van der Waals surface area contributed by atoms with Crippen molar-refractivity contribution in [2.45, 2.75) is 13.3 Å². The smallest absolute Gasteiger partial charge is 0.232 e. The van der Waals surface area contributed by atoms with Gasteiger partial charge in [0.15, 0.2) is 0 Å². The quantitative estimate of drug-likeness (QED) is 0.776. The fourth-order valence-electron chi connectivity index (χ4n) is 2.11. The Labute approximate surface area is 144 Å². The first kappa shape index (κ1) is 17.6. The number of pyridine rings is 1. The molecular weight excluding hydrogens is 382 g/mol. The predicted octanol–water partition coefficient (Wildman–Crippen LogP) is 3.25. The molecule has 0 atom stereocenters. The lowest BCUT2D eigenvalue weighted by atomic mass is 10.1. The van der Waals surface area contributed by atoms with E-state index < -0.39 is 10.0 Å². The van der Waals surface area contributed by atoms with Crippen molar-refractivity contribution >= 4 is 37.5 Å². The number of ether oxygens (including phenoxy) is 1. The molecule has 0 radical (unpaired) electrons. The summed E-state index contributed by atoms with van der Waals surface area (Å²) in [7, 11) is -1.87. The number of rotatable bonds is 6. The maximum atomic E-state index is 12.0. The zero-order chi connectivity index (χ0) is 17.0. The van der Waals surface area contributed by atoms with Gasteiger partial charge in [-0.3, -0.25) is 4.72 Å². The van der Waals surface area contributed by atoms with Crippen molar-refractivity contribution in [3.8, 4) is 16.9 Å². The van der Waals surface area contributed by atoms with E-state index in [0.29, 0.717) is 34.8 Å². The third kappa shape index (κ3) is 4.59. The molecule has 0 aliphatic rings. The van der Waals surface area contributed by atoms with Crippen molar-refractivity contribution in [3.63, 3.8) is 0 Å². The van der Waals surface area contributed by atoms with Gasteiger partial charge in [0.25, 0.3) is 0 Å². The van der Waals surface area contributed by atoms with Crippen LogP contribution in [0.15, 0.2) is 34.9 Å². The van der Waals surface area contributed by atoms with Crippen LogP contribution in [-0.4, -0.2) is 26.3 Å². The Balaban J connectivity index is 2.49. The molecule has 8 heteroatoms. The van der Waals surface area contributed by atoms with Crippen molar-refractivity contribution in [2.24, 2.45) is 0 Å². The van der Waals surface area contributed by atoms with Crippen LogP contribution in [0.5, 0.6) is 5.75 Å². The molecule has 3 N–H and O–H groups in total. The van der Waals surface area contributed by atoms with Gasteiger partial charge in [0.1, 0.15) is 11.6 Å². The molecule has 0 saturated carbocycles. The first-order valence-corrected chi connectivity index (χ1v) is 9.40. The van der Waals surface area contributed by atoms with Crippen LogP contribution < -0.4 is 15.2 Å². The van der Waals surface area contributed by atoms with Crippen LogP contribution in [0.25, 0.3) is 11.1 Å². The number of methoxy groups -OCH3 is 1. The summed E-state index contributed by atoms with van der Waals surface area (Å²) in [6.07, 6.45) is 2.14. The SMILES string of the molecule is CCCS(=O)(=O)Nc1cc(OC)cc(-c2cc(Br)cnc2N)c1. The van der Waals surface area contributed by atoms with Crippen LogP contribution in [-0.2, 0) is 10.0 Å². The van der Waals surface area contributed by atoms with Crippen molar-refractivity contribution in [1.82, 2.24) is 4.98 Å². The van der Waals surface area contributed by atoms with E-state index in [1.54, 1.807) is 24.4 Å². The molecule has 0 unspecified atom stereocenters. The van der Waals surface area contributed by atoms with Gasteiger partial charge in [-0.2, -0.15) is 0 Å². The molecule has 0 spiro atoms. The number of nitrogens with zero attached hydrogens (tertiary/aromatic N) is 1. The molecule has 23 heavy (non-hydrogen) atoms. The number of anilines is 2. The maximum absolute atomic E-state index is 12.0. The van der Waals surface area contributed by atoms with Gasteiger partial charge in [-0.15, -0.1) is 0 Å².